The summed E-state index contributed by atoms with van der Waals surface area (Å²) in [6.07, 6.45) is 4.34. The third-order valence-electron chi connectivity index (χ3n) is 4.56. The number of guanidine groups is 1. The third kappa shape index (κ3) is 8.37. The number of para-hydroxylation sites is 1. The lowest BCUT2D eigenvalue weighted by atomic mass is 9.99. The molecule has 0 saturated carbocycles. The van der Waals surface area contributed by atoms with Crippen LogP contribution in [0.4, 0.5) is 0 Å². The quantitative estimate of drug-likeness (QED) is 0.316. The summed E-state index contributed by atoms with van der Waals surface area (Å²) in [5.41, 5.74) is 0.867. The maximum absolute atomic E-state index is 6.09. The predicted molar refractivity (Wildman–Crippen MR) is 131 cm³/mol. The summed E-state index contributed by atoms with van der Waals surface area (Å²) in [5.74, 6) is 1.75. The van der Waals surface area contributed by atoms with E-state index in [-0.39, 0.29) is 34.3 Å². The van der Waals surface area contributed by atoms with Crippen LogP contribution in [-0.4, -0.2) is 48.9 Å². The third-order valence-corrected chi connectivity index (χ3v) is 5.97. The average molecular weight is 522 g/mol. The van der Waals surface area contributed by atoms with Crippen LogP contribution in [0.1, 0.15) is 46.1 Å². The number of rotatable bonds is 7. The Hall–Kier alpha value is -0.670. The molecule has 7 heteroatoms. The number of nitrogens with zero attached hydrogens (tertiary/aromatic N) is 1. The van der Waals surface area contributed by atoms with Crippen LogP contribution >= 0.6 is 35.7 Å². The summed E-state index contributed by atoms with van der Waals surface area (Å²) in [6, 6.07) is 8.13. The van der Waals surface area contributed by atoms with Crippen LogP contribution < -0.4 is 15.4 Å². The van der Waals surface area contributed by atoms with Crippen molar-refractivity contribution in [1.29, 1.82) is 0 Å². The summed E-state index contributed by atoms with van der Waals surface area (Å²) in [4.78, 5) is 4.80. The van der Waals surface area contributed by atoms with Crippen LogP contribution in [0.15, 0.2) is 29.3 Å². The average Bonchev–Trinajstić information content (AvgIpc) is 2.64. The zero-order valence-corrected chi connectivity index (χ0v) is 21.0. The zero-order chi connectivity index (χ0) is 19.8. The second-order valence-corrected chi connectivity index (χ2v) is 9.14. The van der Waals surface area contributed by atoms with Gasteiger partial charge in [0.1, 0.15) is 11.4 Å². The van der Waals surface area contributed by atoms with Crippen molar-refractivity contribution in [3.05, 3.63) is 29.8 Å². The van der Waals surface area contributed by atoms with Crippen LogP contribution in [-0.2, 0) is 11.3 Å². The molecule has 28 heavy (non-hydrogen) atoms. The van der Waals surface area contributed by atoms with Crippen molar-refractivity contribution < 1.29 is 9.47 Å². The first-order valence-electron chi connectivity index (χ1n) is 9.79. The molecule has 0 unspecified atom stereocenters. The standard InChI is InChI=1S/C21H35N3O2S.HI/c1-6-22-19(24-16-21(27-5)11-13-25-14-12-21)23-15-17-9-7-8-10-18(17)26-20(2,3)4;/h7-10H,6,11-16H2,1-5H3,(H2,22,23,24);1H. The first-order chi connectivity index (χ1) is 12.9. The molecule has 0 bridgehead atoms. The first kappa shape index (κ1) is 25.4. The largest absolute Gasteiger partial charge is 0.488 e. The Labute approximate surface area is 191 Å². The predicted octanol–water partition coefficient (Wildman–Crippen LogP) is 4.45. The molecule has 5 nitrogen and oxygen atoms in total. The van der Waals surface area contributed by atoms with Crippen molar-refractivity contribution in [3.63, 3.8) is 0 Å². The van der Waals surface area contributed by atoms with Gasteiger partial charge in [-0.2, -0.15) is 11.8 Å². The Morgan fingerprint density at radius 1 is 1.21 bits per heavy atom. The van der Waals surface area contributed by atoms with Crippen LogP contribution in [0.2, 0.25) is 0 Å². The number of aliphatic imine (C=N–C) groups is 1. The van der Waals surface area contributed by atoms with Gasteiger partial charge < -0.3 is 20.1 Å². The fourth-order valence-electron chi connectivity index (χ4n) is 3.01. The fourth-order valence-corrected chi connectivity index (χ4v) is 3.80. The summed E-state index contributed by atoms with van der Waals surface area (Å²) in [5, 5.41) is 6.90. The smallest absolute Gasteiger partial charge is 0.191 e. The Kier molecular flexibility index (Phi) is 11.0. The number of hydrogen-bond donors (Lipinski definition) is 2. The zero-order valence-electron chi connectivity index (χ0n) is 17.8. The van der Waals surface area contributed by atoms with Crippen LogP contribution in [0, 0.1) is 0 Å². The van der Waals surface area contributed by atoms with E-state index in [1.54, 1.807) is 0 Å². The first-order valence-corrected chi connectivity index (χ1v) is 11.0. The summed E-state index contributed by atoms with van der Waals surface area (Å²) >= 11 is 1.93. The second-order valence-electron chi connectivity index (χ2n) is 7.87. The number of hydrogen-bond acceptors (Lipinski definition) is 4. The molecule has 0 amide bonds. The van der Waals surface area contributed by atoms with Gasteiger partial charge in [-0.1, -0.05) is 18.2 Å². The van der Waals surface area contributed by atoms with Crippen LogP contribution in [0.5, 0.6) is 5.75 Å². The summed E-state index contributed by atoms with van der Waals surface area (Å²) in [6.45, 7) is 12.3. The molecule has 1 fully saturated rings. The SMILES string of the molecule is CCNC(=NCc1ccccc1OC(C)(C)C)NCC1(SC)CCOCC1.I. The molecule has 1 aromatic carbocycles. The molecule has 2 N–H and O–H groups in total. The highest BCUT2D eigenvalue weighted by Crippen LogP contribution is 2.33. The molecule has 1 aliphatic heterocycles. The fraction of sp³-hybridized carbons (Fsp3) is 0.667. The summed E-state index contributed by atoms with van der Waals surface area (Å²) < 4.78 is 11.8. The number of benzene rings is 1. The minimum absolute atomic E-state index is 0. The van der Waals surface area contributed by atoms with Gasteiger partial charge in [0.05, 0.1) is 6.54 Å². The highest BCUT2D eigenvalue weighted by molar-refractivity contribution is 14.0. The maximum atomic E-state index is 6.09. The molecule has 0 radical (unpaired) electrons. The number of thioether (sulfide) groups is 1. The van der Waals surface area contributed by atoms with E-state index in [2.05, 4.69) is 50.7 Å². The lowest BCUT2D eigenvalue weighted by Crippen LogP contribution is -2.47. The van der Waals surface area contributed by atoms with Gasteiger partial charge in [-0.3, -0.25) is 0 Å². The van der Waals surface area contributed by atoms with E-state index in [9.17, 15) is 0 Å². The van der Waals surface area contributed by atoms with Gasteiger partial charge in [-0.25, -0.2) is 4.99 Å². The van der Waals surface area contributed by atoms with Gasteiger partial charge in [-0.05, 0) is 52.9 Å². The van der Waals surface area contributed by atoms with Crippen LogP contribution in [0.25, 0.3) is 0 Å². The molecule has 1 heterocycles. The monoisotopic (exact) mass is 521 g/mol. The van der Waals surface area contributed by atoms with E-state index in [0.29, 0.717) is 6.54 Å². The van der Waals surface area contributed by atoms with Gasteiger partial charge in [0.15, 0.2) is 5.96 Å². The van der Waals surface area contributed by atoms with E-state index >= 15 is 0 Å². The molecule has 1 aliphatic rings. The van der Waals surface area contributed by atoms with Crippen LogP contribution in [0.3, 0.4) is 0 Å². The molecule has 1 aromatic rings. The minimum Gasteiger partial charge on any atom is -0.488 e. The molecule has 1 saturated heterocycles. The topological polar surface area (TPSA) is 54.9 Å². The van der Waals surface area contributed by atoms with Gasteiger partial charge in [-0.15, -0.1) is 24.0 Å². The molecule has 0 aromatic heterocycles. The van der Waals surface area contributed by atoms with E-state index in [1.807, 2.05) is 30.0 Å². The Morgan fingerprint density at radius 2 is 1.89 bits per heavy atom. The van der Waals surface area contributed by atoms with Crippen molar-refractivity contribution in [3.8, 4) is 5.75 Å². The van der Waals surface area contributed by atoms with E-state index in [1.165, 1.54) is 0 Å². The Balaban J connectivity index is 0.00000392. The van der Waals surface area contributed by atoms with E-state index < -0.39 is 0 Å². The molecular weight excluding hydrogens is 485 g/mol. The minimum atomic E-state index is -0.226. The highest BCUT2D eigenvalue weighted by Gasteiger charge is 2.31. The second kappa shape index (κ2) is 12.1. The van der Waals surface area contributed by atoms with Crippen molar-refractivity contribution in [2.24, 2.45) is 4.99 Å². The number of ether oxygens (including phenoxy) is 2. The van der Waals surface area contributed by atoms with Crippen molar-refractivity contribution in [2.45, 2.75) is 57.4 Å². The highest BCUT2D eigenvalue weighted by atomic mass is 127. The van der Waals surface area contributed by atoms with Gasteiger partial charge in [0.25, 0.3) is 0 Å². The van der Waals surface area contributed by atoms with E-state index in [0.717, 1.165) is 56.4 Å². The molecule has 0 spiro atoms. The lowest BCUT2D eigenvalue weighted by Gasteiger charge is -2.36. The molecule has 0 aliphatic carbocycles. The van der Waals surface area contributed by atoms with Gasteiger partial charge in [0.2, 0.25) is 0 Å². The van der Waals surface area contributed by atoms with Crippen molar-refractivity contribution in [1.82, 2.24) is 10.6 Å². The number of nitrogens with one attached hydrogen (secondary N) is 2. The number of halogens is 1. The molecule has 160 valence electrons. The molecular formula is C21H36IN3O2S. The van der Waals surface area contributed by atoms with Crippen molar-refractivity contribution >= 4 is 41.7 Å². The Bertz CT molecular complexity index is 614. The summed E-state index contributed by atoms with van der Waals surface area (Å²) in [7, 11) is 0. The Morgan fingerprint density at radius 3 is 2.50 bits per heavy atom. The molecule has 0 atom stereocenters. The van der Waals surface area contributed by atoms with Crippen molar-refractivity contribution in [2.75, 3.05) is 32.6 Å². The normalized spacial score (nSPS) is 16.8. The lowest BCUT2D eigenvalue weighted by molar-refractivity contribution is 0.0783. The molecule has 2 rings (SSSR count). The maximum Gasteiger partial charge on any atom is 0.191 e. The van der Waals surface area contributed by atoms with E-state index in [4.69, 9.17) is 14.5 Å². The van der Waals surface area contributed by atoms with Gasteiger partial charge >= 0.3 is 0 Å². The van der Waals surface area contributed by atoms with Gasteiger partial charge in [0, 0.05) is 36.6 Å².